The van der Waals surface area contributed by atoms with Crippen LogP contribution in [0, 0.1) is 17.8 Å². The van der Waals surface area contributed by atoms with Crippen LogP contribution in [0.25, 0.3) is 0 Å². The van der Waals surface area contributed by atoms with Crippen LogP contribution in [0.1, 0.15) is 25.7 Å². The second-order valence-electron chi connectivity index (χ2n) is 5.11. The molecule has 3 rings (SSSR count). The molecule has 0 spiro atoms. The Kier molecular flexibility index (Phi) is 2.79. The molecular formula is C13H15ClN2O. The Balaban J connectivity index is 1.70. The first-order valence-electron chi connectivity index (χ1n) is 6.15. The van der Waals surface area contributed by atoms with Crippen molar-refractivity contribution in [2.75, 3.05) is 5.32 Å². The van der Waals surface area contributed by atoms with E-state index in [1.807, 2.05) is 0 Å². The smallest absolute Gasteiger partial charge is 0.227 e. The maximum atomic E-state index is 12.2. The molecule has 90 valence electrons. The molecule has 1 amide bonds. The highest BCUT2D eigenvalue weighted by molar-refractivity contribution is 6.32. The van der Waals surface area contributed by atoms with Gasteiger partial charge in [0.25, 0.3) is 0 Å². The molecular weight excluding hydrogens is 236 g/mol. The number of nitrogens with one attached hydrogen (secondary N) is 1. The number of anilines is 1. The molecule has 2 fully saturated rings. The van der Waals surface area contributed by atoms with E-state index in [9.17, 15) is 4.79 Å². The molecule has 1 aromatic heterocycles. The van der Waals surface area contributed by atoms with E-state index in [2.05, 4.69) is 10.3 Å². The Hall–Kier alpha value is -1.09. The van der Waals surface area contributed by atoms with E-state index in [0.717, 1.165) is 12.3 Å². The average Bonchev–Trinajstić information content (AvgIpc) is 2.94. The predicted octanol–water partition coefficient (Wildman–Crippen LogP) is 3.11. The number of hydrogen-bond acceptors (Lipinski definition) is 2. The maximum absolute atomic E-state index is 12.2. The zero-order chi connectivity index (χ0) is 11.8. The minimum absolute atomic E-state index is 0.118. The number of hydrogen-bond donors (Lipinski definition) is 1. The number of pyridine rings is 1. The van der Waals surface area contributed by atoms with Crippen molar-refractivity contribution in [3.63, 3.8) is 0 Å². The summed E-state index contributed by atoms with van der Waals surface area (Å²) in [6.45, 7) is 0. The summed E-state index contributed by atoms with van der Waals surface area (Å²) >= 11 is 5.93. The number of aromatic nitrogens is 1. The van der Waals surface area contributed by atoms with Crippen molar-refractivity contribution in [3.05, 3.63) is 23.5 Å². The summed E-state index contributed by atoms with van der Waals surface area (Å²) in [4.78, 5) is 16.1. The van der Waals surface area contributed by atoms with Crippen LogP contribution < -0.4 is 5.32 Å². The van der Waals surface area contributed by atoms with E-state index < -0.39 is 0 Å². The van der Waals surface area contributed by atoms with Crippen molar-refractivity contribution in [2.45, 2.75) is 25.7 Å². The first-order chi connectivity index (χ1) is 8.24. The zero-order valence-electron chi connectivity index (χ0n) is 9.53. The Labute approximate surface area is 106 Å². The molecule has 1 aromatic rings. The van der Waals surface area contributed by atoms with Gasteiger partial charge in [-0.25, -0.2) is 4.98 Å². The second kappa shape index (κ2) is 4.30. The SMILES string of the molecule is O=C(Nc1cccnc1Cl)C1CC2CCC1C2. The molecule has 3 atom stereocenters. The number of carbonyl (C=O) groups is 1. The number of amides is 1. The van der Waals surface area contributed by atoms with Crippen molar-refractivity contribution in [2.24, 2.45) is 17.8 Å². The fourth-order valence-electron chi connectivity index (χ4n) is 3.27. The van der Waals surface area contributed by atoms with Gasteiger partial charge in [0.15, 0.2) is 5.15 Å². The van der Waals surface area contributed by atoms with Gasteiger partial charge in [-0.15, -0.1) is 0 Å². The quantitative estimate of drug-likeness (QED) is 0.820. The van der Waals surface area contributed by atoms with E-state index in [1.54, 1.807) is 18.3 Å². The van der Waals surface area contributed by atoms with Crippen molar-refractivity contribution < 1.29 is 4.79 Å². The van der Waals surface area contributed by atoms with Crippen LogP contribution in [0.4, 0.5) is 5.69 Å². The molecule has 0 aliphatic heterocycles. The summed E-state index contributed by atoms with van der Waals surface area (Å²) in [5.74, 6) is 1.67. The lowest BCUT2D eigenvalue weighted by Crippen LogP contribution is -2.27. The second-order valence-corrected chi connectivity index (χ2v) is 5.47. The van der Waals surface area contributed by atoms with Gasteiger partial charge in [0.2, 0.25) is 5.91 Å². The van der Waals surface area contributed by atoms with Gasteiger partial charge in [0.05, 0.1) is 5.69 Å². The highest BCUT2D eigenvalue weighted by atomic mass is 35.5. The van der Waals surface area contributed by atoms with Gasteiger partial charge in [-0.2, -0.15) is 0 Å². The van der Waals surface area contributed by atoms with Crippen LogP contribution in [0.3, 0.4) is 0 Å². The number of halogens is 1. The van der Waals surface area contributed by atoms with E-state index in [-0.39, 0.29) is 11.8 Å². The molecule has 0 aromatic carbocycles. The zero-order valence-corrected chi connectivity index (χ0v) is 10.3. The molecule has 2 saturated carbocycles. The third-order valence-corrected chi connectivity index (χ3v) is 4.39. The van der Waals surface area contributed by atoms with Crippen molar-refractivity contribution in [1.29, 1.82) is 0 Å². The minimum atomic E-state index is 0.118. The van der Waals surface area contributed by atoms with E-state index in [4.69, 9.17) is 11.6 Å². The summed E-state index contributed by atoms with van der Waals surface area (Å²) in [7, 11) is 0. The van der Waals surface area contributed by atoms with E-state index in [0.29, 0.717) is 16.8 Å². The first-order valence-corrected chi connectivity index (χ1v) is 6.53. The van der Waals surface area contributed by atoms with Gasteiger partial charge in [0, 0.05) is 12.1 Å². The largest absolute Gasteiger partial charge is 0.323 e. The van der Waals surface area contributed by atoms with Gasteiger partial charge in [0.1, 0.15) is 0 Å². The van der Waals surface area contributed by atoms with Gasteiger partial charge < -0.3 is 5.32 Å². The van der Waals surface area contributed by atoms with Crippen molar-refractivity contribution in [3.8, 4) is 0 Å². The number of nitrogens with zero attached hydrogens (tertiary/aromatic N) is 1. The monoisotopic (exact) mass is 250 g/mol. The summed E-state index contributed by atoms with van der Waals surface area (Å²) in [6.07, 6.45) is 6.42. The molecule has 0 saturated heterocycles. The van der Waals surface area contributed by atoms with Crippen LogP contribution in [0.15, 0.2) is 18.3 Å². The molecule has 1 heterocycles. The van der Waals surface area contributed by atoms with Gasteiger partial charge >= 0.3 is 0 Å². The normalized spacial score (nSPS) is 30.5. The number of rotatable bonds is 2. The van der Waals surface area contributed by atoms with Crippen LogP contribution in [0.5, 0.6) is 0 Å². The lowest BCUT2D eigenvalue weighted by atomic mass is 9.88. The summed E-state index contributed by atoms with van der Waals surface area (Å²) in [6, 6.07) is 3.57. The molecule has 4 heteroatoms. The lowest BCUT2D eigenvalue weighted by molar-refractivity contribution is -0.121. The standard InChI is InChI=1S/C13H15ClN2O/c14-12-11(2-1-5-15-12)16-13(17)10-7-8-3-4-9(10)6-8/h1-2,5,8-10H,3-4,6-7H2,(H,16,17). The number of carbonyl (C=O) groups excluding carboxylic acids is 1. The van der Waals surface area contributed by atoms with Crippen LogP contribution in [0.2, 0.25) is 5.15 Å². The van der Waals surface area contributed by atoms with Gasteiger partial charge in [-0.3, -0.25) is 4.79 Å². The molecule has 1 N–H and O–H groups in total. The van der Waals surface area contributed by atoms with Crippen molar-refractivity contribution >= 4 is 23.2 Å². The highest BCUT2D eigenvalue weighted by Crippen LogP contribution is 2.48. The van der Waals surface area contributed by atoms with Gasteiger partial charge in [-0.05, 0) is 43.2 Å². The molecule has 2 aliphatic rings. The topological polar surface area (TPSA) is 42.0 Å². The third-order valence-electron chi connectivity index (χ3n) is 4.09. The summed E-state index contributed by atoms with van der Waals surface area (Å²) in [5, 5.41) is 3.27. The van der Waals surface area contributed by atoms with Crippen LogP contribution >= 0.6 is 11.6 Å². The van der Waals surface area contributed by atoms with Crippen molar-refractivity contribution in [1.82, 2.24) is 4.98 Å². The molecule has 2 aliphatic carbocycles. The Morgan fingerprint density at radius 2 is 2.29 bits per heavy atom. The highest BCUT2D eigenvalue weighted by Gasteiger charge is 2.43. The molecule has 3 nitrogen and oxygen atoms in total. The molecule has 17 heavy (non-hydrogen) atoms. The van der Waals surface area contributed by atoms with Gasteiger partial charge in [-0.1, -0.05) is 18.0 Å². The third kappa shape index (κ3) is 2.04. The summed E-state index contributed by atoms with van der Waals surface area (Å²) < 4.78 is 0. The van der Waals surface area contributed by atoms with Crippen LogP contribution in [-0.2, 0) is 4.79 Å². The minimum Gasteiger partial charge on any atom is -0.323 e. The molecule has 2 bridgehead atoms. The van der Waals surface area contributed by atoms with Crippen LogP contribution in [-0.4, -0.2) is 10.9 Å². The summed E-state index contributed by atoms with van der Waals surface area (Å²) in [5.41, 5.74) is 0.627. The Morgan fingerprint density at radius 1 is 1.41 bits per heavy atom. The number of fused-ring (bicyclic) bond motifs is 2. The fourth-order valence-corrected chi connectivity index (χ4v) is 3.44. The Morgan fingerprint density at radius 3 is 2.94 bits per heavy atom. The first kappa shape index (κ1) is 11.0. The predicted molar refractivity (Wildman–Crippen MR) is 66.8 cm³/mol. The molecule has 3 unspecified atom stereocenters. The fraction of sp³-hybridized carbons (Fsp3) is 0.538. The van der Waals surface area contributed by atoms with E-state index >= 15 is 0 Å². The lowest BCUT2D eigenvalue weighted by Gasteiger charge is -2.20. The van der Waals surface area contributed by atoms with E-state index in [1.165, 1.54) is 19.3 Å². The average molecular weight is 251 g/mol. The molecule has 0 radical (unpaired) electrons. The Bertz CT molecular complexity index is 449. The maximum Gasteiger partial charge on any atom is 0.227 e.